The van der Waals surface area contributed by atoms with E-state index in [1.807, 2.05) is 49.4 Å². The highest BCUT2D eigenvalue weighted by molar-refractivity contribution is 5.90. The average molecular weight is 510 g/mol. The van der Waals surface area contributed by atoms with Crippen LogP contribution in [-0.4, -0.2) is 34.5 Å². The second-order valence-electron chi connectivity index (χ2n) is 8.37. The van der Waals surface area contributed by atoms with E-state index < -0.39 is 23.4 Å². The molecule has 0 saturated heterocycles. The highest BCUT2D eigenvalue weighted by Gasteiger charge is 2.41. The van der Waals surface area contributed by atoms with Crippen molar-refractivity contribution in [3.63, 3.8) is 0 Å². The van der Waals surface area contributed by atoms with Gasteiger partial charge in [-0.3, -0.25) is 0 Å². The van der Waals surface area contributed by atoms with Gasteiger partial charge in [-0.05, 0) is 67.6 Å². The number of nitrogens with zero attached hydrogens (tertiary/aromatic N) is 3. The molecule has 0 radical (unpaired) electrons. The molecule has 4 aromatic rings. The SMILES string of the molecule is CCOC(=O)c1cnn(-c2cccc(-c3ccccc3CCc3ccc(OC)cc3C)n2)c1C(F)(F)F. The molecule has 0 amide bonds. The summed E-state index contributed by atoms with van der Waals surface area (Å²) in [5.74, 6) is -0.344. The van der Waals surface area contributed by atoms with Crippen LogP contribution in [0.2, 0.25) is 0 Å². The van der Waals surface area contributed by atoms with Crippen LogP contribution in [0, 0.1) is 6.92 Å². The van der Waals surface area contributed by atoms with Crippen molar-refractivity contribution in [1.29, 1.82) is 0 Å². The lowest BCUT2D eigenvalue weighted by molar-refractivity contribution is -0.143. The lowest BCUT2D eigenvalue weighted by Crippen LogP contribution is -2.19. The number of hydrogen-bond acceptors (Lipinski definition) is 5. The van der Waals surface area contributed by atoms with Gasteiger partial charge in [-0.15, -0.1) is 0 Å². The maximum absolute atomic E-state index is 14.0. The molecule has 0 atom stereocenters. The average Bonchev–Trinajstić information content (AvgIpc) is 3.35. The Kier molecular flexibility index (Phi) is 7.61. The second-order valence-corrected chi connectivity index (χ2v) is 8.37. The van der Waals surface area contributed by atoms with Crippen LogP contribution in [0.15, 0.2) is 66.9 Å². The summed E-state index contributed by atoms with van der Waals surface area (Å²) in [4.78, 5) is 16.6. The number of benzene rings is 2. The number of carbonyl (C=O) groups excluding carboxylic acids is 1. The third kappa shape index (κ3) is 5.66. The molecule has 0 N–H and O–H groups in total. The number of esters is 1. The molecule has 0 fully saturated rings. The normalized spacial score (nSPS) is 11.4. The Morgan fingerprint density at radius 3 is 2.46 bits per heavy atom. The van der Waals surface area contributed by atoms with Gasteiger partial charge in [0.2, 0.25) is 0 Å². The Hall–Kier alpha value is -4.14. The molecule has 0 saturated carbocycles. The molecular formula is C28H26F3N3O3. The largest absolute Gasteiger partial charge is 0.497 e. The molecule has 0 aliphatic rings. The molecule has 2 heterocycles. The first kappa shape index (κ1) is 25.9. The van der Waals surface area contributed by atoms with Crippen LogP contribution in [0.4, 0.5) is 13.2 Å². The molecule has 2 aromatic heterocycles. The molecule has 37 heavy (non-hydrogen) atoms. The topological polar surface area (TPSA) is 66.2 Å². The zero-order valence-electron chi connectivity index (χ0n) is 20.7. The highest BCUT2D eigenvalue weighted by atomic mass is 19.4. The Morgan fingerprint density at radius 1 is 1.00 bits per heavy atom. The Balaban J connectivity index is 1.68. The molecule has 9 heteroatoms. The van der Waals surface area contributed by atoms with Crippen LogP contribution in [0.25, 0.3) is 17.1 Å². The summed E-state index contributed by atoms with van der Waals surface area (Å²) in [6, 6.07) is 18.4. The van der Waals surface area contributed by atoms with Gasteiger partial charge in [0.25, 0.3) is 0 Å². The van der Waals surface area contributed by atoms with Gasteiger partial charge in [0.1, 0.15) is 11.3 Å². The third-order valence-electron chi connectivity index (χ3n) is 5.99. The van der Waals surface area contributed by atoms with Gasteiger partial charge >= 0.3 is 12.1 Å². The van der Waals surface area contributed by atoms with Crippen molar-refractivity contribution in [2.75, 3.05) is 13.7 Å². The first-order valence-electron chi connectivity index (χ1n) is 11.7. The zero-order valence-corrected chi connectivity index (χ0v) is 20.7. The number of aryl methyl sites for hydroxylation is 3. The van der Waals surface area contributed by atoms with Crippen molar-refractivity contribution in [2.45, 2.75) is 32.9 Å². The maximum Gasteiger partial charge on any atom is 0.434 e. The smallest absolute Gasteiger partial charge is 0.434 e. The Bertz CT molecular complexity index is 1410. The van der Waals surface area contributed by atoms with Crippen molar-refractivity contribution in [2.24, 2.45) is 0 Å². The summed E-state index contributed by atoms with van der Waals surface area (Å²) < 4.78 is 52.6. The van der Waals surface area contributed by atoms with E-state index in [9.17, 15) is 18.0 Å². The van der Waals surface area contributed by atoms with Crippen molar-refractivity contribution < 1.29 is 27.4 Å². The zero-order chi connectivity index (χ0) is 26.6. The number of carbonyl (C=O) groups is 1. The molecule has 6 nitrogen and oxygen atoms in total. The van der Waals surface area contributed by atoms with Gasteiger partial charge in [-0.25, -0.2) is 14.5 Å². The van der Waals surface area contributed by atoms with E-state index in [0.29, 0.717) is 16.8 Å². The summed E-state index contributed by atoms with van der Waals surface area (Å²) in [5.41, 5.74) is 2.73. The summed E-state index contributed by atoms with van der Waals surface area (Å²) >= 11 is 0. The number of rotatable bonds is 8. The minimum atomic E-state index is -4.84. The van der Waals surface area contributed by atoms with Gasteiger partial charge in [0.15, 0.2) is 11.5 Å². The molecule has 0 unspecified atom stereocenters. The predicted molar refractivity (Wildman–Crippen MR) is 133 cm³/mol. The fourth-order valence-electron chi connectivity index (χ4n) is 4.18. The minimum Gasteiger partial charge on any atom is -0.497 e. The fraction of sp³-hybridized carbons (Fsp3) is 0.250. The summed E-state index contributed by atoms with van der Waals surface area (Å²) in [7, 11) is 1.63. The fourth-order valence-corrected chi connectivity index (χ4v) is 4.18. The van der Waals surface area contributed by atoms with Crippen LogP contribution < -0.4 is 4.74 Å². The molecule has 2 aromatic carbocycles. The van der Waals surface area contributed by atoms with Crippen molar-refractivity contribution in [3.8, 4) is 22.8 Å². The van der Waals surface area contributed by atoms with Gasteiger partial charge in [-0.2, -0.15) is 18.3 Å². The van der Waals surface area contributed by atoms with Crippen LogP contribution in [0.5, 0.6) is 5.75 Å². The van der Waals surface area contributed by atoms with E-state index >= 15 is 0 Å². The molecular weight excluding hydrogens is 483 g/mol. The lowest BCUT2D eigenvalue weighted by atomic mass is 9.96. The van der Waals surface area contributed by atoms with Crippen LogP contribution in [0.3, 0.4) is 0 Å². The van der Waals surface area contributed by atoms with Crippen LogP contribution in [-0.2, 0) is 23.8 Å². The van der Waals surface area contributed by atoms with E-state index in [4.69, 9.17) is 9.47 Å². The molecule has 0 aliphatic carbocycles. The molecule has 0 bridgehead atoms. The first-order chi connectivity index (χ1) is 17.7. The second kappa shape index (κ2) is 10.9. The van der Waals surface area contributed by atoms with E-state index in [1.165, 1.54) is 18.6 Å². The van der Waals surface area contributed by atoms with Crippen LogP contribution >= 0.6 is 0 Å². The van der Waals surface area contributed by atoms with Crippen molar-refractivity contribution in [3.05, 3.63) is 94.8 Å². The lowest BCUT2D eigenvalue weighted by Gasteiger charge is -2.14. The number of aromatic nitrogens is 3. The first-order valence-corrected chi connectivity index (χ1v) is 11.7. The summed E-state index contributed by atoms with van der Waals surface area (Å²) in [6.45, 7) is 3.50. The number of pyridine rings is 1. The number of alkyl halides is 3. The third-order valence-corrected chi connectivity index (χ3v) is 5.99. The Labute approximate surface area is 212 Å². The highest BCUT2D eigenvalue weighted by Crippen LogP contribution is 2.34. The molecule has 0 aliphatic heterocycles. The number of hydrogen-bond donors (Lipinski definition) is 0. The quantitative estimate of drug-likeness (QED) is 0.264. The van der Waals surface area contributed by atoms with Crippen LogP contribution in [0.1, 0.15) is 39.7 Å². The van der Waals surface area contributed by atoms with Gasteiger partial charge in [0.05, 0.1) is 25.6 Å². The monoisotopic (exact) mass is 509 g/mol. The molecule has 0 spiro atoms. The predicted octanol–water partition coefficient (Wildman–Crippen LogP) is 6.23. The van der Waals surface area contributed by atoms with Gasteiger partial charge in [-0.1, -0.05) is 36.4 Å². The van der Waals surface area contributed by atoms with E-state index in [1.54, 1.807) is 19.2 Å². The molecule has 4 rings (SSSR count). The van der Waals surface area contributed by atoms with Crippen molar-refractivity contribution in [1.82, 2.24) is 14.8 Å². The van der Waals surface area contributed by atoms with E-state index in [2.05, 4.69) is 10.1 Å². The van der Waals surface area contributed by atoms with E-state index in [-0.39, 0.29) is 12.4 Å². The van der Waals surface area contributed by atoms with Gasteiger partial charge < -0.3 is 9.47 Å². The maximum atomic E-state index is 14.0. The standard InChI is InChI=1S/C28H26F3N3O3/c1-4-37-27(35)23-17-32-34(26(23)28(29,30)31)25-11-7-10-24(33-25)22-9-6-5-8-20(22)13-12-19-14-15-21(36-3)16-18(19)2/h5-11,14-17H,4,12-13H2,1-3H3. The minimum absolute atomic E-state index is 0.0537. The number of ether oxygens (including phenoxy) is 2. The number of halogens is 3. The van der Waals surface area contributed by atoms with E-state index in [0.717, 1.165) is 35.1 Å². The molecule has 192 valence electrons. The Morgan fingerprint density at radius 2 is 1.76 bits per heavy atom. The summed E-state index contributed by atoms with van der Waals surface area (Å²) in [5, 5.41) is 3.84. The van der Waals surface area contributed by atoms with Gasteiger partial charge in [0, 0.05) is 5.56 Å². The van der Waals surface area contributed by atoms with Crippen molar-refractivity contribution >= 4 is 5.97 Å². The summed E-state index contributed by atoms with van der Waals surface area (Å²) in [6.07, 6.45) is -2.50. The number of methoxy groups -OCH3 is 1.